The molecule has 0 unspecified atom stereocenters. The molecule has 0 radical (unpaired) electrons. The SMILES string of the molecule is Cc1ccc(-c2nc(-c3c(C)ccc(C(=O)O)c3C)no2)c(F)c1. The summed E-state index contributed by atoms with van der Waals surface area (Å²) in [4.78, 5) is 15.6. The molecule has 3 aromatic rings. The lowest BCUT2D eigenvalue weighted by atomic mass is 9.97. The predicted molar refractivity (Wildman–Crippen MR) is 86.3 cm³/mol. The lowest BCUT2D eigenvalue weighted by molar-refractivity contribution is 0.0696. The number of rotatable bonds is 3. The van der Waals surface area contributed by atoms with Crippen molar-refractivity contribution >= 4 is 5.97 Å². The van der Waals surface area contributed by atoms with Crippen molar-refractivity contribution in [2.75, 3.05) is 0 Å². The highest BCUT2D eigenvalue weighted by atomic mass is 19.1. The second kappa shape index (κ2) is 5.88. The molecule has 0 spiro atoms. The van der Waals surface area contributed by atoms with Gasteiger partial charge in [-0.15, -0.1) is 0 Å². The number of aryl methyl sites for hydroxylation is 2. The lowest BCUT2D eigenvalue weighted by Gasteiger charge is -2.08. The first-order valence-electron chi connectivity index (χ1n) is 7.32. The quantitative estimate of drug-likeness (QED) is 0.782. The molecule has 0 aliphatic heterocycles. The van der Waals surface area contributed by atoms with E-state index in [4.69, 9.17) is 4.52 Å². The average Bonchev–Trinajstić information content (AvgIpc) is 2.96. The Kier molecular flexibility index (Phi) is 3.89. The smallest absolute Gasteiger partial charge is 0.335 e. The topological polar surface area (TPSA) is 76.2 Å². The number of hydrogen-bond donors (Lipinski definition) is 1. The van der Waals surface area contributed by atoms with Crippen molar-refractivity contribution in [1.29, 1.82) is 0 Å². The van der Waals surface area contributed by atoms with Gasteiger partial charge in [-0.3, -0.25) is 0 Å². The fourth-order valence-corrected chi connectivity index (χ4v) is 2.65. The molecule has 1 N–H and O–H groups in total. The van der Waals surface area contributed by atoms with E-state index in [1.165, 1.54) is 12.1 Å². The highest BCUT2D eigenvalue weighted by molar-refractivity contribution is 5.92. The molecule has 2 aromatic carbocycles. The van der Waals surface area contributed by atoms with Gasteiger partial charge in [0.05, 0.1) is 11.1 Å². The molecule has 0 fully saturated rings. The second-order valence-corrected chi connectivity index (χ2v) is 5.64. The Morgan fingerprint density at radius 1 is 1.17 bits per heavy atom. The lowest BCUT2D eigenvalue weighted by Crippen LogP contribution is -2.03. The van der Waals surface area contributed by atoms with Crippen LogP contribution in [0.4, 0.5) is 4.39 Å². The molecule has 0 atom stereocenters. The van der Waals surface area contributed by atoms with E-state index in [0.717, 1.165) is 11.1 Å². The third-order valence-electron chi connectivity index (χ3n) is 3.91. The Bertz CT molecular complexity index is 947. The zero-order valence-electron chi connectivity index (χ0n) is 13.4. The van der Waals surface area contributed by atoms with Gasteiger partial charge >= 0.3 is 5.97 Å². The van der Waals surface area contributed by atoms with Gasteiger partial charge in [-0.2, -0.15) is 4.98 Å². The van der Waals surface area contributed by atoms with Crippen molar-refractivity contribution in [3.63, 3.8) is 0 Å². The van der Waals surface area contributed by atoms with Crippen LogP contribution >= 0.6 is 0 Å². The molecule has 1 aromatic heterocycles. The van der Waals surface area contributed by atoms with Gasteiger partial charge in [-0.05, 0) is 55.7 Å². The van der Waals surface area contributed by atoms with Gasteiger partial charge in [0.2, 0.25) is 5.82 Å². The Balaban J connectivity index is 2.12. The number of aromatic carboxylic acids is 1. The van der Waals surface area contributed by atoms with E-state index in [0.29, 0.717) is 11.1 Å². The maximum Gasteiger partial charge on any atom is 0.335 e. The van der Waals surface area contributed by atoms with Gasteiger partial charge in [0, 0.05) is 5.56 Å². The van der Waals surface area contributed by atoms with Crippen LogP contribution in [-0.4, -0.2) is 21.2 Å². The van der Waals surface area contributed by atoms with Gasteiger partial charge < -0.3 is 9.63 Å². The number of carboxylic acids is 1. The molecule has 0 aliphatic rings. The molecule has 0 aliphatic carbocycles. The molecule has 0 bridgehead atoms. The van der Waals surface area contributed by atoms with Crippen LogP contribution in [0.3, 0.4) is 0 Å². The summed E-state index contributed by atoms with van der Waals surface area (Å²) in [7, 11) is 0. The largest absolute Gasteiger partial charge is 0.478 e. The molecule has 122 valence electrons. The van der Waals surface area contributed by atoms with Crippen molar-refractivity contribution in [3.05, 3.63) is 58.4 Å². The molecule has 5 nitrogen and oxygen atoms in total. The first-order chi connectivity index (χ1) is 11.4. The van der Waals surface area contributed by atoms with E-state index in [9.17, 15) is 14.3 Å². The first-order valence-corrected chi connectivity index (χ1v) is 7.32. The van der Waals surface area contributed by atoms with Gasteiger partial charge in [-0.1, -0.05) is 17.3 Å². The maximum absolute atomic E-state index is 14.1. The van der Waals surface area contributed by atoms with Gasteiger partial charge in [0.15, 0.2) is 0 Å². The Labute approximate surface area is 137 Å². The Hall–Kier alpha value is -3.02. The fraction of sp³-hybridized carbons (Fsp3) is 0.167. The number of nitrogens with zero attached hydrogens (tertiary/aromatic N) is 2. The summed E-state index contributed by atoms with van der Waals surface area (Å²) in [6, 6.07) is 7.95. The number of carboxylic acid groups (broad SMARTS) is 1. The normalized spacial score (nSPS) is 10.8. The van der Waals surface area contributed by atoms with Crippen LogP contribution in [0.5, 0.6) is 0 Å². The summed E-state index contributed by atoms with van der Waals surface area (Å²) >= 11 is 0. The number of benzene rings is 2. The van der Waals surface area contributed by atoms with E-state index in [-0.39, 0.29) is 22.8 Å². The van der Waals surface area contributed by atoms with E-state index in [2.05, 4.69) is 10.1 Å². The van der Waals surface area contributed by atoms with E-state index in [1.807, 2.05) is 6.92 Å². The number of carbonyl (C=O) groups is 1. The van der Waals surface area contributed by atoms with Crippen LogP contribution in [0, 0.1) is 26.6 Å². The van der Waals surface area contributed by atoms with Gasteiger partial charge in [-0.25, -0.2) is 9.18 Å². The van der Waals surface area contributed by atoms with Gasteiger partial charge in [0.25, 0.3) is 5.89 Å². The monoisotopic (exact) mass is 326 g/mol. The average molecular weight is 326 g/mol. The number of halogens is 1. The van der Waals surface area contributed by atoms with E-state index >= 15 is 0 Å². The summed E-state index contributed by atoms with van der Waals surface area (Å²) < 4.78 is 19.3. The molecule has 6 heteroatoms. The predicted octanol–water partition coefficient (Wildman–Crippen LogP) is 4.17. The third-order valence-corrected chi connectivity index (χ3v) is 3.91. The maximum atomic E-state index is 14.1. The molecular formula is C18H15FN2O3. The molecule has 1 heterocycles. The zero-order chi connectivity index (χ0) is 17.4. The van der Waals surface area contributed by atoms with Crippen molar-refractivity contribution in [2.45, 2.75) is 20.8 Å². The highest BCUT2D eigenvalue weighted by Crippen LogP contribution is 2.30. The minimum absolute atomic E-state index is 0.0574. The fourth-order valence-electron chi connectivity index (χ4n) is 2.65. The Morgan fingerprint density at radius 3 is 2.58 bits per heavy atom. The third kappa shape index (κ3) is 2.67. The van der Waals surface area contributed by atoms with E-state index in [1.54, 1.807) is 32.0 Å². The highest BCUT2D eigenvalue weighted by Gasteiger charge is 2.20. The van der Waals surface area contributed by atoms with E-state index < -0.39 is 11.8 Å². The van der Waals surface area contributed by atoms with Crippen molar-refractivity contribution in [2.24, 2.45) is 0 Å². The molecule has 0 amide bonds. The number of aromatic nitrogens is 2. The summed E-state index contributed by atoms with van der Waals surface area (Å²) in [6.07, 6.45) is 0. The van der Waals surface area contributed by atoms with Crippen LogP contribution in [0.2, 0.25) is 0 Å². The first kappa shape index (κ1) is 15.9. The second-order valence-electron chi connectivity index (χ2n) is 5.64. The molecular weight excluding hydrogens is 311 g/mol. The van der Waals surface area contributed by atoms with Crippen LogP contribution in [-0.2, 0) is 0 Å². The van der Waals surface area contributed by atoms with Crippen molar-refractivity contribution in [1.82, 2.24) is 10.1 Å². The van der Waals surface area contributed by atoms with Crippen LogP contribution in [0.25, 0.3) is 22.8 Å². The summed E-state index contributed by atoms with van der Waals surface area (Å²) in [5, 5.41) is 13.2. The summed E-state index contributed by atoms with van der Waals surface area (Å²) in [5.41, 5.74) is 3.11. The van der Waals surface area contributed by atoms with Crippen LogP contribution in [0.15, 0.2) is 34.9 Å². The van der Waals surface area contributed by atoms with Crippen LogP contribution < -0.4 is 0 Å². The van der Waals surface area contributed by atoms with Crippen molar-refractivity contribution in [3.8, 4) is 22.8 Å². The van der Waals surface area contributed by atoms with Crippen molar-refractivity contribution < 1.29 is 18.8 Å². The zero-order valence-corrected chi connectivity index (χ0v) is 13.4. The standard InChI is InChI=1S/C18H15FN2O3/c1-9-4-6-13(14(19)8-9)17-20-16(21-24-17)15-10(2)5-7-12(11(15)3)18(22)23/h4-8H,1-3H3,(H,22,23). The molecule has 24 heavy (non-hydrogen) atoms. The van der Waals surface area contributed by atoms with Gasteiger partial charge in [0.1, 0.15) is 5.82 Å². The number of hydrogen-bond acceptors (Lipinski definition) is 4. The van der Waals surface area contributed by atoms with Crippen LogP contribution in [0.1, 0.15) is 27.0 Å². The summed E-state index contributed by atoms with van der Waals surface area (Å²) in [6.45, 7) is 5.31. The molecule has 3 rings (SSSR count). The minimum Gasteiger partial charge on any atom is -0.478 e. The minimum atomic E-state index is -1.03. The Morgan fingerprint density at radius 2 is 1.92 bits per heavy atom. The summed E-state index contributed by atoms with van der Waals surface area (Å²) in [5.74, 6) is -1.18. The molecule has 0 saturated carbocycles. The molecule has 0 saturated heterocycles.